The molecule has 1 aliphatic carbocycles. The number of carbonyl (C=O) groups is 1. The second kappa shape index (κ2) is 6.18. The highest BCUT2D eigenvalue weighted by molar-refractivity contribution is 5.92. The molecule has 1 saturated carbocycles. The number of ether oxygens (including phenoxy) is 1. The minimum absolute atomic E-state index is 0.242. The number of amides is 1. The van der Waals surface area contributed by atoms with Gasteiger partial charge >= 0.3 is 6.36 Å². The number of hydrogen-bond donors (Lipinski definition) is 1. The predicted molar refractivity (Wildman–Crippen MR) is 79.5 cm³/mol. The van der Waals surface area contributed by atoms with Gasteiger partial charge in [-0.2, -0.15) is 5.10 Å². The van der Waals surface area contributed by atoms with Crippen LogP contribution in [0.1, 0.15) is 40.5 Å². The van der Waals surface area contributed by atoms with Crippen molar-refractivity contribution in [1.82, 2.24) is 15.1 Å². The first-order valence-corrected chi connectivity index (χ1v) is 7.47. The molecule has 0 radical (unpaired) electrons. The molecular formula is C16H16F3N3O2. The van der Waals surface area contributed by atoms with Crippen molar-refractivity contribution in [1.29, 1.82) is 0 Å². The molecule has 0 saturated heterocycles. The molecule has 3 rings (SSSR count). The number of halogens is 3. The van der Waals surface area contributed by atoms with E-state index in [1.165, 1.54) is 29.2 Å². The monoisotopic (exact) mass is 339 g/mol. The molecule has 1 fully saturated rings. The number of aromatic nitrogens is 2. The Kier molecular flexibility index (Phi) is 4.21. The predicted octanol–water partition coefficient (Wildman–Crippen LogP) is 3.46. The third kappa shape index (κ3) is 4.06. The van der Waals surface area contributed by atoms with Crippen molar-refractivity contribution in [2.75, 3.05) is 7.05 Å². The van der Waals surface area contributed by atoms with E-state index in [0.717, 1.165) is 18.5 Å². The highest BCUT2D eigenvalue weighted by atomic mass is 19.4. The Bertz CT molecular complexity index is 721. The Balaban J connectivity index is 1.60. The first-order chi connectivity index (χ1) is 11.3. The Morgan fingerprint density at radius 1 is 1.33 bits per heavy atom. The van der Waals surface area contributed by atoms with Gasteiger partial charge in [-0.25, -0.2) is 0 Å². The molecule has 1 amide bonds. The zero-order valence-corrected chi connectivity index (χ0v) is 12.9. The lowest BCUT2D eigenvalue weighted by Crippen LogP contribution is -2.26. The molecule has 0 atom stereocenters. The molecule has 8 heteroatoms. The summed E-state index contributed by atoms with van der Waals surface area (Å²) in [4.78, 5) is 13.8. The van der Waals surface area contributed by atoms with E-state index in [2.05, 4.69) is 14.9 Å². The third-order valence-corrected chi connectivity index (χ3v) is 3.76. The summed E-state index contributed by atoms with van der Waals surface area (Å²) in [6, 6.07) is 7.19. The minimum atomic E-state index is -4.71. The summed E-state index contributed by atoms with van der Waals surface area (Å²) in [6.07, 6.45) is -2.50. The fourth-order valence-electron chi connectivity index (χ4n) is 2.39. The third-order valence-electron chi connectivity index (χ3n) is 3.76. The van der Waals surface area contributed by atoms with Gasteiger partial charge in [0.25, 0.3) is 5.91 Å². The fraction of sp³-hybridized carbons (Fsp3) is 0.375. The maximum Gasteiger partial charge on any atom is 0.573 e. The number of aromatic amines is 1. The van der Waals surface area contributed by atoms with Crippen LogP contribution in [0.15, 0.2) is 30.3 Å². The van der Waals surface area contributed by atoms with Crippen molar-refractivity contribution in [3.8, 4) is 5.75 Å². The van der Waals surface area contributed by atoms with E-state index in [4.69, 9.17) is 0 Å². The van der Waals surface area contributed by atoms with Crippen molar-refractivity contribution in [2.24, 2.45) is 0 Å². The van der Waals surface area contributed by atoms with Gasteiger partial charge in [-0.05, 0) is 36.6 Å². The molecule has 1 heterocycles. The van der Waals surface area contributed by atoms with Gasteiger partial charge in [0.1, 0.15) is 11.4 Å². The molecule has 0 aliphatic heterocycles. The van der Waals surface area contributed by atoms with Crippen LogP contribution in [0.2, 0.25) is 0 Å². The quantitative estimate of drug-likeness (QED) is 0.908. The number of rotatable bonds is 5. The van der Waals surface area contributed by atoms with Crippen molar-refractivity contribution in [3.63, 3.8) is 0 Å². The van der Waals surface area contributed by atoms with Crippen LogP contribution in [-0.2, 0) is 6.54 Å². The van der Waals surface area contributed by atoms with Crippen LogP contribution in [-0.4, -0.2) is 34.4 Å². The van der Waals surface area contributed by atoms with Gasteiger partial charge in [0.15, 0.2) is 0 Å². The van der Waals surface area contributed by atoms with Gasteiger partial charge in [0, 0.05) is 25.2 Å². The van der Waals surface area contributed by atoms with Gasteiger partial charge in [-0.1, -0.05) is 12.1 Å². The molecule has 0 bridgehead atoms. The largest absolute Gasteiger partial charge is 0.573 e. The Hall–Kier alpha value is -2.51. The van der Waals surface area contributed by atoms with Crippen LogP contribution in [0.25, 0.3) is 0 Å². The number of alkyl halides is 3. The summed E-state index contributed by atoms with van der Waals surface area (Å²) in [5, 5.41) is 6.91. The van der Waals surface area contributed by atoms with Gasteiger partial charge in [-0.3, -0.25) is 9.89 Å². The first kappa shape index (κ1) is 16.4. The summed E-state index contributed by atoms with van der Waals surface area (Å²) in [5.74, 6) is -0.0547. The smallest absolute Gasteiger partial charge is 0.406 e. The zero-order valence-electron chi connectivity index (χ0n) is 12.9. The maximum atomic E-state index is 12.3. The Morgan fingerprint density at radius 2 is 2.00 bits per heavy atom. The second-order valence-electron chi connectivity index (χ2n) is 5.84. The van der Waals surface area contributed by atoms with Gasteiger partial charge < -0.3 is 9.64 Å². The maximum absolute atomic E-state index is 12.3. The molecule has 5 nitrogen and oxygen atoms in total. The highest BCUT2D eigenvalue weighted by Gasteiger charge is 2.31. The summed E-state index contributed by atoms with van der Waals surface area (Å²) in [7, 11) is 1.62. The first-order valence-electron chi connectivity index (χ1n) is 7.47. The van der Waals surface area contributed by atoms with Crippen LogP contribution < -0.4 is 4.74 Å². The molecule has 1 aliphatic rings. The molecule has 1 N–H and O–H groups in total. The van der Waals surface area contributed by atoms with Crippen LogP contribution in [0.4, 0.5) is 13.2 Å². The van der Waals surface area contributed by atoms with Gasteiger partial charge in [-0.15, -0.1) is 13.2 Å². The van der Waals surface area contributed by atoms with E-state index in [1.54, 1.807) is 13.1 Å². The minimum Gasteiger partial charge on any atom is -0.406 e. The van der Waals surface area contributed by atoms with E-state index in [-0.39, 0.29) is 18.2 Å². The average molecular weight is 339 g/mol. The van der Waals surface area contributed by atoms with Crippen LogP contribution in [0, 0.1) is 0 Å². The molecular weight excluding hydrogens is 323 g/mol. The molecule has 0 unspecified atom stereocenters. The summed E-state index contributed by atoms with van der Waals surface area (Å²) in [5.41, 5.74) is 2.01. The second-order valence-corrected chi connectivity index (χ2v) is 5.84. The topological polar surface area (TPSA) is 58.2 Å². The molecule has 0 spiro atoms. The lowest BCUT2D eigenvalue weighted by Gasteiger charge is -2.16. The number of H-pyrrole nitrogens is 1. The van der Waals surface area contributed by atoms with Crippen molar-refractivity contribution in [3.05, 3.63) is 47.3 Å². The Morgan fingerprint density at radius 3 is 2.58 bits per heavy atom. The fourth-order valence-corrected chi connectivity index (χ4v) is 2.39. The lowest BCUT2D eigenvalue weighted by atomic mass is 10.2. The van der Waals surface area contributed by atoms with Crippen molar-refractivity contribution >= 4 is 5.91 Å². The summed E-state index contributed by atoms with van der Waals surface area (Å²) in [6.45, 7) is 0.261. The average Bonchev–Trinajstić information content (AvgIpc) is 3.24. The van der Waals surface area contributed by atoms with E-state index in [0.29, 0.717) is 17.2 Å². The molecule has 128 valence electrons. The van der Waals surface area contributed by atoms with Gasteiger partial charge in [0.2, 0.25) is 0 Å². The normalized spacial score (nSPS) is 14.5. The number of benzene rings is 1. The van der Waals surface area contributed by atoms with E-state index < -0.39 is 6.36 Å². The summed E-state index contributed by atoms with van der Waals surface area (Å²) >= 11 is 0. The van der Waals surface area contributed by atoms with Crippen LogP contribution in [0.5, 0.6) is 5.75 Å². The van der Waals surface area contributed by atoms with Gasteiger partial charge in [0.05, 0.1) is 0 Å². The Labute approximate surface area is 136 Å². The van der Waals surface area contributed by atoms with E-state index in [9.17, 15) is 18.0 Å². The van der Waals surface area contributed by atoms with E-state index in [1.807, 2.05) is 0 Å². The zero-order chi connectivity index (χ0) is 17.3. The highest BCUT2D eigenvalue weighted by Crippen LogP contribution is 2.39. The molecule has 1 aromatic carbocycles. The van der Waals surface area contributed by atoms with Crippen LogP contribution >= 0.6 is 0 Å². The number of carbonyl (C=O) groups excluding carboxylic acids is 1. The van der Waals surface area contributed by atoms with Crippen LogP contribution in [0.3, 0.4) is 0 Å². The number of nitrogens with one attached hydrogen (secondary N) is 1. The van der Waals surface area contributed by atoms with Crippen molar-refractivity contribution in [2.45, 2.75) is 31.7 Å². The molecule has 2 aromatic rings. The lowest BCUT2D eigenvalue weighted by molar-refractivity contribution is -0.274. The SMILES string of the molecule is CN(Cc1ccc(OC(F)(F)F)cc1)C(=O)c1cc(C2CC2)[nH]n1. The van der Waals surface area contributed by atoms with Crippen molar-refractivity contribution < 1.29 is 22.7 Å². The standard InChI is InChI=1S/C16H16F3N3O2/c1-22(15(23)14-8-13(20-21-14)11-4-5-11)9-10-2-6-12(7-3-10)24-16(17,18)19/h2-3,6-8,11H,4-5,9H2,1H3,(H,20,21). The summed E-state index contributed by atoms with van der Waals surface area (Å²) < 4.78 is 40.2. The molecule has 1 aromatic heterocycles. The number of nitrogens with zero attached hydrogens (tertiary/aromatic N) is 2. The number of hydrogen-bond acceptors (Lipinski definition) is 3. The van der Waals surface area contributed by atoms with E-state index >= 15 is 0 Å². The molecule has 24 heavy (non-hydrogen) atoms.